The molecular formula is C9H20O. The standard InChI is InChI=1S/C9H20O/c1-6(2)9(7(3)4)8(5)10/h6-10H,1-5H3/t8-/m1/s1. The summed E-state index contributed by atoms with van der Waals surface area (Å²) in [7, 11) is 0. The van der Waals surface area contributed by atoms with Crippen molar-refractivity contribution in [3.05, 3.63) is 0 Å². The lowest BCUT2D eigenvalue weighted by Crippen LogP contribution is -2.27. The van der Waals surface area contributed by atoms with Gasteiger partial charge in [-0.05, 0) is 24.7 Å². The molecule has 1 heteroatoms. The van der Waals surface area contributed by atoms with Gasteiger partial charge in [-0.1, -0.05) is 27.7 Å². The van der Waals surface area contributed by atoms with E-state index in [1.807, 2.05) is 6.92 Å². The van der Waals surface area contributed by atoms with E-state index in [1.165, 1.54) is 0 Å². The van der Waals surface area contributed by atoms with Crippen LogP contribution in [0.2, 0.25) is 0 Å². The van der Waals surface area contributed by atoms with Crippen LogP contribution < -0.4 is 0 Å². The Labute approximate surface area is 64.5 Å². The molecule has 0 heterocycles. The van der Waals surface area contributed by atoms with Gasteiger partial charge < -0.3 is 5.11 Å². The van der Waals surface area contributed by atoms with Crippen molar-refractivity contribution in [1.29, 1.82) is 0 Å². The second kappa shape index (κ2) is 3.97. The molecule has 0 amide bonds. The van der Waals surface area contributed by atoms with Crippen molar-refractivity contribution >= 4 is 0 Å². The van der Waals surface area contributed by atoms with Crippen molar-refractivity contribution in [3.63, 3.8) is 0 Å². The van der Waals surface area contributed by atoms with Crippen LogP contribution in [0.3, 0.4) is 0 Å². The van der Waals surface area contributed by atoms with Crippen LogP contribution in [-0.4, -0.2) is 11.2 Å². The largest absolute Gasteiger partial charge is 0.393 e. The summed E-state index contributed by atoms with van der Waals surface area (Å²) in [5.74, 6) is 1.61. The highest BCUT2D eigenvalue weighted by Crippen LogP contribution is 2.23. The molecule has 1 N–H and O–H groups in total. The van der Waals surface area contributed by atoms with E-state index < -0.39 is 0 Å². The summed E-state index contributed by atoms with van der Waals surface area (Å²) in [6.45, 7) is 10.5. The monoisotopic (exact) mass is 144 g/mol. The normalized spacial score (nSPS) is 15.3. The SMILES string of the molecule is CC(C)C(C(C)C)[C@@H](C)O. The molecule has 0 radical (unpaired) electrons. The highest BCUT2D eigenvalue weighted by molar-refractivity contribution is 4.71. The first-order valence-electron chi connectivity index (χ1n) is 4.14. The van der Waals surface area contributed by atoms with Gasteiger partial charge in [0.05, 0.1) is 6.10 Å². The van der Waals surface area contributed by atoms with E-state index in [4.69, 9.17) is 0 Å². The molecule has 1 nitrogen and oxygen atoms in total. The van der Waals surface area contributed by atoms with Crippen molar-refractivity contribution in [2.45, 2.75) is 40.7 Å². The van der Waals surface area contributed by atoms with E-state index in [0.717, 1.165) is 0 Å². The number of rotatable bonds is 3. The number of aliphatic hydroxyl groups is 1. The summed E-state index contributed by atoms with van der Waals surface area (Å²) in [6.07, 6.45) is -0.167. The summed E-state index contributed by atoms with van der Waals surface area (Å²) in [4.78, 5) is 0. The van der Waals surface area contributed by atoms with Crippen LogP contribution in [0.15, 0.2) is 0 Å². The minimum Gasteiger partial charge on any atom is -0.393 e. The molecule has 0 aromatic rings. The van der Waals surface area contributed by atoms with Gasteiger partial charge in [0.15, 0.2) is 0 Å². The van der Waals surface area contributed by atoms with E-state index in [0.29, 0.717) is 17.8 Å². The van der Waals surface area contributed by atoms with Crippen molar-refractivity contribution in [1.82, 2.24) is 0 Å². The fourth-order valence-electron chi connectivity index (χ4n) is 1.88. The second-order valence-corrected chi connectivity index (χ2v) is 3.81. The minimum absolute atomic E-state index is 0.167. The van der Waals surface area contributed by atoms with Crippen molar-refractivity contribution < 1.29 is 5.11 Å². The molecule has 0 unspecified atom stereocenters. The van der Waals surface area contributed by atoms with Crippen LogP contribution in [-0.2, 0) is 0 Å². The van der Waals surface area contributed by atoms with Gasteiger partial charge in [0.25, 0.3) is 0 Å². The van der Waals surface area contributed by atoms with Crippen molar-refractivity contribution in [3.8, 4) is 0 Å². The van der Waals surface area contributed by atoms with E-state index in [-0.39, 0.29) is 6.10 Å². The summed E-state index contributed by atoms with van der Waals surface area (Å²) in [6, 6.07) is 0. The Morgan fingerprint density at radius 1 is 0.800 bits per heavy atom. The Kier molecular flexibility index (Phi) is 3.95. The predicted molar refractivity (Wildman–Crippen MR) is 44.8 cm³/mol. The Hall–Kier alpha value is -0.0400. The van der Waals surface area contributed by atoms with E-state index in [1.54, 1.807) is 0 Å². The molecule has 1 atom stereocenters. The van der Waals surface area contributed by atoms with Gasteiger partial charge in [-0.25, -0.2) is 0 Å². The average Bonchev–Trinajstić information content (AvgIpc) is 1.59. The topological polar surface area (TPSA) is 20.2 Å². The molecule has 0 aliphatic carbocycles. The summed E-state index contributed by atoms with van der Waals surface area (Å²) >= 11 is 0. The first kappa shape index (κ1) is 9.96. The van der Waals surface area contributed by atoms with Crippen LogP contribution in [0.25, 0.3) is 0 Å². The lowest BCUT2D eigenvalue weighted by Gasteiger charge is -2.27. The van der Waals surface area contributed by atoms with Gasteiger partial charge in [-0.15, -0.1) is 0 Å². The van der Waals surface area contributed by atoms with Crippen LogP contribution >= 0.6 is 0 Å². The highest BCUT2D eigenvalue weighted by atomic mass is 16.3. The van der Waals surface area contributed by atoms with Crippen LogP contribution in [0.1, 0.15) is 34.6 Å². The first-order chi connectivity index (χ1) is 4.46. The smallest absolute Gasteiger partial charge is 0.0545 e. The molecular weight excluding hydrogens is 124 g/mol. The zero-order valence-corrected chi connectivity index (χ0v) is 7.76. The van der Waals surface area contributed by atoms with Crippen molar-refractivity contribution in [2.75, 3.05) is 0 Å². The lowest BCUT2D eigenvalue weighted by molar-refractivity contribution is 0.0680. The molecule has 0 spiro atoms. The number of hydrogen-bond donors (Lipinski definition) is 1. The summed E-state index contributed by atoms with van der Waals surface area (Å²) in [5.41, 5.74) is 0. The fourth-order valence-corrected chi connectivity index (χ4v) is 1.88. The summed E-state index contributed by atoms with van der Waals surface area (Å²) < 4.78 is 0. The second-order valence-electron chi connectivity index (χ2n) is 3.81. The van der Waals surface area contributed by atoms with Gasteiger partial charge in [0.2, 0.25) is 0 Å². The summed E-state index contributed by atoms with van der Waals surface area (Å²) in [5, 5.41) is 9.35. The molecule has 62 valence electrons. The molecule has 0 aliphatic heterocycles. The lowest BCUT2D eigenvalue weighted by atomic mass is 9.82. The Morgan fingerprint density at radius 2 is 1.10 bits per heavy atom. The Balaban J connectivity index is 3.98. The minimum atomic E-state index is -0.167. The van der Waals surface area contributed by atoms with Gasteiger partial charge in [-0.3, -0.25) is 0 Å². The predicted octanol–water partition coefficient (Wildman–Crippen LogP) is 2.30. The van der Waals surface area contributed by atoms with E-state index in [2.05, 4.69) is 27.7 Å². The first-order valence-corrected chi connectivity index (χ1v) is 4.14. The molecule has 0 saturated carbocycles. The fraction of sp³-hybridized carbons (Fsp3) is 1.00. The molecule has 0 aliphatic rings. The Morgan fingerprint density at radius 3 is 1.10 bits per heavy atom. The Bertz CT molecular complexity index is 65.7. The molecule has 0 fully saturated rings. The average molecular weight is 144 g/mol. The molecule has 0 rings (SSSR count). The molecule has 0 bridgehead atoms. The van der Waals surface area contributed by atoms with E-state index in [9.17, 15) is 5.11 Å². The van der Waals surface area contributed by atoms with Crippen LogP contribution in [0.4, 0.5) is 0 Å². The van der Waals surface area contributed by atoms with Gasteiger partial charge in [0.1, 0.15) is 0 Å². The maximum Gasteiger partial charge on any atom is 0.0545 e. The maximum atomic E-state index is 9.35. The van der Waals surface area contributed by atoms with Crippen molar-refractivity contribution in [2.24, 2.45) is 17.8 Å². The van der Waals surface area contributed by atoms with Crippen LogP contribution in [0, 0.1) is 17.8 Å². The zero-order chi connectivity index (χ0) is 8.31. The quantitative estimate of drug-likeness (QED) is 0.644. The van der Waals surface area contributed by atoms with E-state index >= 15 is 0 Å². The van der Waals surface area contributed by atoms with Gasteiger partial charge in [0, 0.05) is 0 Å². The highest BCUT2D eigenvalue weighted by Gasteiger charge is 2.21. The van der Waals surface area contributed by atoms with Crippen LogP contribution in [0.5, 0.6) is 0 Å². The maximum absolute atomic E-state index is 9.35. The number of hydrogen-bond acceptors (Lipinski definition) is 1. The molecule has 0 saturated heterocycles. The third-order valence-corrected chi connectivity index (χ3v) is 2.10. The van der Waals surface area contributed by atoms with Gasteiger partial charge in [-0.2, -0.15) is 0 Å². The van der Waals surface area contributed by atoms with Gasteiger partial charge >= 0.3 is 0 Å². The number of aliphatic hydroxyl groups excluding tert-OH is 1. The third-order valence-electron chi connectivity index (χ3n) is 2.10. The zero-order valence-electron chi connectivity index (χ0n) is 7.76. The molecule has 0 aromatic heterocycles. The molecule has 0 aromatic carbocycles. The molecule has 10 heavy (non-hydrogen) atoms. The third kappa shape index (κ3) is 2.70.